The maximum atomic E-state index is 12.8. The molecule has 2 atom stereocenters. The number of imide groups is 1. The molecule has 4 N–H and O–H groups in total. The number of hydrogen-bond acceptors (Lipinski definition) is 7. The minimum atomic E-state index is -1.21. The fourth-order valence-electron chi connectivity index (χ4n) is 3.46. The Hall–Kier alpha value is -2.98. The van der Waals surface area contributed by atoms with Crippen molar-refractivity contribution in [2.24, 2.45) is 17.6 Å². The first kappa shape index (κ1) is 23.3. The summed E-state index contributed by atoms with van der Waals surface area (Å²) in [5.41, 5.74) is 5.40. The molecule has 2 aliphatic rings. The van der Waals surface area contributed by atoms with E-state index in [4.69, 9.17) is 10.5 Å². The molecule has 0 spiro atoms. The van der Waals surface area contributed by atoms with Gasteiger partial charge in [-0.1, -0.05) is 20.4 Å². The molecule has 0 aliphatic carbocycles. The molecule has 30 heavy (non-hydrogen) atoms. The van der Waals surface area contributed by atoms with Crippen molar-refractivity contribution in [2.45, 2.75) is 32.7 Å². The van der Waals surface area contributed by atoms with Crippen molar-refractivity contribution in [2.75, 3.05) is 39.3 Å². The van der Waals surface area contributed by atoms with Gasteiger partial charge in [-0.3, -0.25) is 4.79 Å². The number of aliphatic carboxylic acids is 1. The second-order valence-corrected chi connectivity index (χ2v) is 7.92. The molecule has 0 bridgehead atoms. The summed E-state index contributed by atoms with van der Waals surface area (Å²) in [7, 11) is 0. The van der Waals surface area contributed by atoms with Crippen molar-refractivity contribution in [3.05, 3.63) is 12.4 Å². The summed E-state index contributed by atoms with van der Waals surface area (Å²) < 4.78 is 5.18. The second kappa shape index (κ2) is 10.2. The van der Waals surface area contributed by atoms with Crippen molar-refractivity contribution in [3.63, 3.8) is 0 Å². The Labute approximate surface area is 175 Å². The highest BCUT2D eigenvalue weighted by molar-refractivity contribution is 6.07. The van der Waals surface area contributed by atoms with Crippen LogP contribution in [0.2, 0.25) is 0 Å². The number of nitrogens with two attached hydrogens (primary N) is 1. The third-order valence-corrected chi connectivity index (χ3v) is 5.07. The van der Waals surface area contributed by atoms with Crippen LogP contribution in [-0.4, -0.2) is 89.2 Å². The van der Waals surface area contributed by atoms with Gasteiger partial charge in [0.2, 0.25) is 5.91 Å². The quantitative estimate of drug-likeness (QED) is 0.370. The molecule has 2 heterocycles. The summed E-state index contributed by atoms with van der Waals surface area (Å²) in [6.45, 7) is 9.10. The van der Waals surface area contributed by atoms with Crippen LogP contribution in [0.5, 0.6) is 0 Å². The number of piperazine rings is 1. The van der Waals surface area contributed by atoms with Crippen LogP contribution in [-0.2, 0) is 14.3 Å². The van der Waals surface area contributed by atoms with E-state index in [1.807, 2.05) is 13.8 Å². The number of likely N-dealkylation sites (tertiary alicyclic amines) is 1. The van der Waals surface area contributed by atoms with E-state index >= 15 is 0 Å². The Morgan fingerprint density at radius 3 is 2.37 bits per heavy atom. The number of ether oxygens (including phenoxy) is 1. The molecule has 2 unspecified atom stereocenters. The van der Waals surface area contributed by atoms with Gasteiger partial charge in [-0.05, 0) is 18.8 Å². The highest BCUT2D eigenvalue weighted by Gasteiger charge is 2.55. The highest BCUT2D eigenvalue weighted by Crippen LogP contribution is 2.32. The molecule has 11 heteroatoms. The van der Waals surface area contributed by atoms with Crippen LogP contribution in [0.25, 0.3) is 0 Å². The number of rotatable bonds is 8. The van der Waals surface area contributed by atoms with Gasteiger partial charge >= 0.3 is 18.1 Å². The zero-order valence-corrected chi connectivity index (χ0v) is 17.5. The SMILES string of the molecule is C=C(N)NCCCC1C(=O)N(C(=O)N2CCN(C(=O)OCC(C)C)CC2)C1C(=O)O. The average molecular weight is 425 g/mol. The van der Waals surface area contributed by atoms with E-state index in [0.29, 0.717) is 31.8 Å². The van der Waals surface area contributed by atoms with Crippen molar-refractivity contribution in [1.82, 2.24) is 20.0 Å². The number of carboxylic acid groups (broad SMARTS) is 1. The molecule has 11 nitrogen and oxygen atoms in total. The Bertz CT molecular complexity index is 689. The van der Waals surface area contributed by atoms with Gasteiger partial charge in [0.15, 0.2) is 6.04 Å². The average Bonchev–Trinajstić information content (AvgIpc) is 2.69. The summed E-state index contributed by atoms with van der Waals surface area (Å²) >= 11 is 0. The summed E-state index contributed by atoms with van der Waals surface area (Å²) in [5.74, 6) is -1.92. The number of nitrogens with zero attached hydrogens (tertiary/aromatic N) is 3. The topological polar surface area (TPSA) is 146 Å². The van der Waals surface area contributed by atoms with Crippen LogP contribution in [0.3, 0.4) is 0 Å². The minimum Gasteiger partial charge on any atom is -0.480 e. The lowest BCUT2D eigenvalue weighted by Gasteiger charge is -2.46. The molecule has 0 radical (unpaired) electrons. The third-order valence-electron chi connectivity index (χ3n) is 5.07. The molecule has 0 aromatic heterocycles. The molecule has 2 aliphatic heterocycles. The van der Waals surface area contributed by atoms with E-state index < -0.39 is 36.0 Å². The Morgan fingerprint density at radius 1 is 1.23 bits per heavy atom. The lowest BCUT2D eigenvalue weighted by molar-refractivity contribution is -0.167. The van der Waals surface area contributed by atoms with Crippen LogP contribution in [0, 0.1) is 11.8 Å². The van der Waals surface area contributed by atoms with Gasteiger partial charge in [-0.2, -0.15) is 0 Å². The lowest BCUT2D eigenvalue weighted by Crippen LogP contribution is -2.69. The van der Waals surface area contributed by atoms with E-state index in [0.717, 1.165) is 4.90 Å². The number of β-lactam (4-membered cyclic amide) rings is 1. The van der Waals surface area contributed by atoms with Gasteiger partial charge in [0.05, 0.1) is 18.3 Å². The molecule has 2 rings (SSSR count). The number of carbonyl (C=O) groups excluding carboxylic acids is 3. The van der Waals surface area contributed by atoms with Crippen molar-refractivity contribution >= 4 is 24.0 Å². The van der Waals surface area contributed by atoms with E-state index in [9.17, 15) is 24.3 Å². The monoisotopic (exact) mass is 425 g/mol. The first-order chi connectivity index (χ1) is 14.1. The van der Waals surface area contributed by atoms with Crippen molar-refractivity contribution in [3.8, 4) is 0 Å². The predicted octanol–water partition coefficient (Wildman–Crippen LogP) is 0.228. The van der Waals surface area contributed by atoms with Gasteiger partial charge in [0, 0.05) is 32.7 Å². The van der Waals surface area contributed by atoms with Gasteiger partial charge in [-0.25, -0.2) is 19.3 Å². The standard InChI is InChI=1S/C19H31N5O6/c1-12(2)11-30-19(29)23-9-7-22(8-10-23)18(28)24-15(17(26)27)14(16(24)25)5-4-6-21-13(3)20/h12,14-15,21H,3-11,20H2,1-2H3,(H,26,27). The van der Waals surface area contributed by atoms with Gasteiger partial charge in [0.1, 0.15) is 0 Å². The van der Waals surface area contributed by atoms with Crippen LogP contribution < -0.4 is 11.1 Å². The number of nitrogens with one attached hydrogen (secondary N) is 1. The molecule has 2 saturated heterocycles. The number of amides is 4. The van der Waals surface area contributed by atoms with Crippen LogP contribution >= 0.6 is 0 Å². The molecule has 2 fully saturated rings. The van der Waals surface area contributed by atoms with Crippen LogP contribution in [0.1, 0.15) is 26.7 Å². The van der Waals surface area contributed by atoms with Crippen molar-refractivity contribution < 1.29 is 29.0 Å². The van der Waals surface area contributed by atoms with E-state index in [-0.39, 0.29) is 32.1 Å². The van der Waals surface area contributed by atoms with E-state index in [1.54, 1.807) is 0 Å². The summed E-state index contributed by atoms with van der Waals surface area (Å²) in [6, 6.07) is -1.81. The van der Waals surface area contributed by atoms with Crippen LogP contribution in [0.4, 0.5) is 9.59 Å². The zero-order chi connectivity index (χ0) is 22.4. The zero-order valence-electron chi connectivity index (χ0n) is 17.5. The molecular formula is C19H31N5O6. The van der Waals surface area contributed by atoms with Gasteiger partial charge in [-0.15, -0.1) is 0 Å². The molecular weight excluding hydrogens is 394 g/mol. The molecule has 168 valence electrons. The second-order valence-electron chi connectivity index (χ2n) is 7.92. The maximum absolute atomic E-state index is 12.8. The Kier molecular flexibility index (Phi) is 7.90. The Balaban J connectivity index is 1.87. The number of hydrogen-bond donors (Lipinski definition) is 3. The fourth-order valence-corrected chi connectivity index (χ4v) is 3.46. The Morgan fingerprint density at radius 2 is 1.83 bits per heavy atom. The summed E-state index contributed by atoms with van der Waals surface area (Å²) in [5, 5.41) is 12.3. The number of carboxylic acids is 1. The first-order valence-electron chi connectivity index (χ1n) is 10.1. The van der Waals surface area contributed by atoms with E-state index in [1.165, 1.54) is 9.80 Å². The van der Waals surface area contributed by atoms with Crippen LogP contribution in [0.15, 0.2) is 12.4 Å². The number of urea groups is 1. The van der Waals surface area contributed by atoms with Gasteiger partial charge < -0.3 is 30.7 Å². The molecule has 0 aromatic rings. The highest BCUT2D eigenvalue weighted by atomic mass is 16.6. The first-order valence-corrected chi connectivity index (χ1v) is 10.1. The third kappa shape index (κ3) is 5.55. The smallest absolute Gasteiger partial charge is 0.409 e. The van der Waals surface area contributed by atoms with E-state index in [2.05, 4.69) is 11.9 Å². The molecule has 0 aromatic carbocycles. The fraction of sp³-hybridized carbons (Fsp3) is 0.684. The summed E-state index contributed by atoms with van der Waals surface area (Å²) in [6.07, 6.45) is 0.415. The van der Waals surface area contributed by atoms with Crippen molar-refractivity contribution in [1.29, 1.82) is 0 Å². The largest absolute Gasteiger partial charge is 0.480 e. The van der Waals surface area contributed by atoms with Gasteiger partial charge in [0.25, 0.3) is 0 Å². The predicted molar refractivity (Wildman–Crippen MR) is 107 cm³/mol. The molecule has 4 amide bonds. The summed E-state index contributed by atoms with van der Waals surface area (Å²) in [4.78, 5) is 52.6. The normalized spacial score (nSPS) is 21.3. The maximum Gasteiger partial charge on any atom is 0.409 e. The molecule has 0 saturated carbocycles. The number of carbonyl (C=O) groups is 4. The lowest BCUT2D eigenvalue weighted by atomic mass is 9.83. The minimum absolute atomic E-state index is 0.207.